The number of hydrogen-bond acceptors (Lipinski definition) is 9. The van der Waals surface area contributed by atoms with Gasteiger partial charge in [0.25, 0.3) is 6.43 Å². The van der Waals surface area contributed by atoms with Gasteiger partial charge in [0.1, 0.15) is 11.6 Å². The molecular formula is C28H35F2N7O3. The molecule has 5 rings (SSSR count). The molecule has 0 spiro atoms. The van der Waals surface area contributed by atoms with Gasteiger partial charge in [0.05, 0.1) is 37.4 Å². The van der Waals surface area contributed by atoms with Crippen molar-refractivity contribution in [2.75, 3.05) is 56.7 Å². The van der Waals surface area contributed by atoms with Crippen molar-refractivity contribution in [1.82, 2.24) is 24.4 Å². The van der Waals surface area contributed by atoms with Crippen molar-refractivity contribution >= 4 is 28.8 Å². The van der Waals surface area contributed by atoms with E-state index in [1.807, 2.05) is 13.2 Å². The highest BCUT2D eigenvalue weighted by molar-refractivity contribution is 5.78. The summed E-state index contributed by atoms with van der Waals surface area (Å²) in [5, 5.41) is 3.23. The van der Waals surface area contributed by atoms with Crippen LogP contribution in [-0.4, -0.2) is 82.9 Å². The van der Waals surface area contributed by atoms with Crippen LogP contribution in [0.4, 0.5) is 20.5 Å². The Morgan fingerprint density at radius 2 is 1.90 bits per heavy atom. The molecule has 1 N–H and O–H groups in total. The molecule has 0 bridgehead atoms. The molecule has 1 aliphatic carbocycles. The molecular weight excluding hydrogens is 520 g/mol. The summed E-state index contributed by atoms with van der Waals surface area (Å²) in [4.78, 5) is 29.5. The Hall–Kier alpha value is -3.64. The van der Waals surface area contributed by atoms with Crippen LogP contribution in [0.3, 0.4) is 0 Å². The van der Waals surface area contributed by atoms with Crippen LogP contribution >= 0.6 is 0 Å². The Kier molecular flexibility index (Phi) is 8.85. The minimum Gasteiger partial charge on any atom is -0.465 e. The molecule has 2 aromatic heterocycles. The lowest BCUT2D eigenvalue weighted by Gasteiger charge is -2.31. The fraction of sp³-hybridized carbons (Fsp3) is 0.500. The molecule has 1 saturated heterocycles. The highest BCUT2D eigenvalue weighted by Crippen LogP contribution is 2.30. The maximum absolute atomic E-state index is 14.1. The second kappa shape index (κ2) is 12.7. The van der Waals surface area contributed by atoms with E-state index < -0.39 is 6.43 Å². The molecule has 1 aromatic carbocycles. The molecule has 40 heavy (non-hydrogen) atoms. The molecule has 3 heterocycles. The summed E-state index contributed by atoms with van der Waals surface area (Å²) in [7, 11) is 1.95. The van der Waals surface area contributed by atoms with Gasteiger partial charge in [-0.05, 0) is 51.8 Å². The first-order valence-corrected chi connectivity index (χ1v) is 13.7. The number of likely N-dealkylation sites (N-methyl/N-ethyl adjacent to an activating group) is 1. The first-order valence-electron chi connectivity index (χ1n) is 13.7. The number of benzene rings is 1. The highest BCUT2D eigenvalue weighted by Gasteiger charge is 2.24. The van der Waals surface area contributed by atoms with Crippen molar-refractivity contribution in [3.63, 3.8) is 0 Å². The molecule has 12 heteroatoms. The van der Waals surface area contributed by atoms with Crippen molar-refractivity contribution in [2.24, 2.45) is 0 Å². The number of aromatic nitrogens is 4. The minimum absolute atomic E-state index is 0.207. The largest absolute Gasteiger partial charge is 0.465 e. The first kappa shape index (κ1) is 27.9. The Bertz CT molecular complexity index is 1350. The van der Waals surface area contributed by atoms with E-state index in [9.17, 15) is 13.6 Å². The van der Waals surface area contributed by atoms with Crippen molar-refractivity contribution in [3.8, 4) is 5.82 Å². The number of imidazole rings is 1. The summed E-state index contributed by atoms with van der Waals surface area (Å²) in [6.45, 7) is 4.88. The third-order valence-electron chi connectivity index (χ3n) is 7.36. The molecule has 10 nitrogen and oxygen atoms in total. The van der Waals surface area contributed by atoms with Crippen LogP contribution in [0, 0.1) is 0 Å². The smallest absolute Gasteiger partial charge is 0.320 e. The van der Waals surface area contributed by atoms with E-state index in [1.54, 1.807) is 37.3 Å². The van der Waals surface area contributed by atoms with Gasteiger partial charge in [-0.1, -0.05) is 17.7 Å². The van der Waals surface area contributed by atoms with Crippen LogP contribution in [0.5, 0.6) is 0 Å². The number of esters is 1. The van der Waals surface area contributed by atoms with E-state index in [0.717, 1.165) is 25.7 Å². The van der Waals surface area contributed by atoms with Crippen LogP contribution in [0.1, 0.15) is 44.9 Å². The van der Waals surface area contributed by atoms with Crippen molar-refractivity contribution in [1.29, 1.82) is 0 Å². The zero-order chi connectivity index (χ0) is 28.1. The molecule has 214 valence electrons. The fourth-order valence-corrected chi connectivity index (χ4v) is 5.25. The Labute approximate surface area is 232 Å². The highest BCUT2D eigenvalue weighted by atomic mass is 19.3. The van der Waals surface area contributed by atoms with E-state index in [-0.39, 0.29) is 18.3 Å². The van der Waals surface area contributed by atoms with Gasteiger partial charge in [-0.15, -0.1) is 0 Å². The van der Waals surface area contributed by atoms with Gasteiger partial charge in [-0.3, -0.25) is 14.3 Å². The molecule has 1 saturated carbocycles. The number of nitrogens with one attached hydrogen (secondary N) is 1. The number of rotatable bonds is 9. The number of anilines is 2. The van der Waals surface area contributed by atoms with Gasteiger partial charge >= 0.3 is 5.97 Å². The Balaban J connectivity index is 1.38. The van der Waals surface area contributed by atoms with Crippen molar-refractivity contribution in [3.05, 3.63) is 47.9 Å². The second-order valence-corrected chi connectivity index (χ2v) is 10.0. The Morgan fingerprint density at radius 3 is 2.62 bits per heavy atom. The number of halogens is 2. The number of para-hydroxylation sites is 2. The number of ether oxygens (including phenoxy) is 2. The topological polar surface area (TPSA) is 97.6 Å². The normalized spacial score (nSPS) is 18.0. The standard InChI is InChI=1S/C28H35F2N7O3/c1-3-40-25(38)18-35(2)20-10-8-19(9-11-20)17-31-28-33-23(36-12-14-39-15-13-36)16-24(34-28)37-22-7-5-4-6-21(22)32-27(37)26(29)30/h4-7,16-17,20,26H,3,8-15,18H2,1-2H3,(H,31,33,34). The number of carbonyl (C=O) groups excluding carboxylic acids is 1. The van der Waals surface area contributed by atoms with E-state index >= 15 is 0 Å². The predicted octanol–water partition coefficient (Wildman–Crippen LogP) is 4.32. The van der Waals surface area contributed by atoms with Crippen LogP contribution in [0.15, 0.2) is 42.1 Å². The molecule has 0 atom stereocenters. The number of hydrogen-bond donors (Lipinski definition) is 1. The maximum Gasteiger partial charge on any atom is 0.320 e. The first-order chi connectivity index (χ1) is 19.4. The lowest BCUT2D eigenvalue weighted by molar-refractivity contribution is -0.144. The molecule has 2 aliphatic rings. The van der Waals surface area contributed by atoms with Crippen LogP contribution in [0.2, 0.25) is 0 Å². The number of allylic oxidation sites excluding steroid dienone is 1. The third-order valence-corrected chi connectivity index (χ3v) is 7.36. The van der Waals surface area contributed by atoms with E-state index in [2.05, 4.69) is 25.1 Å². The third kappa shape index (κ3) is 6.39. The lowest BCUT2D eigenvalue weighted by Crippen LogP contribution is -2.38. The van der Waals surface area contributed by atoms with Gasteiger partial charge in [0, 0.05) is 31.4 Å². The van der Waals surface area contributed by atoms with Crippen LogP contribution in [-0.2, 0) is 14.3 Å². The summed E-state index contributed by atoms with van der Waals surface area (Å²) in [6, 6.07) is 9.08. The monoisotopic (exact) mass is 555 g/mol. The number of carbonyl (C=O) groups is 1. The van der Waals surface area contributed by atoms with Gasteiger partial charge in [-0.2, -0.15) is 9.97 Å². The zero-order valence-corrected chi connectivity index (χ0v) is 22.9. The van der Waals surface area contributed by atoms with Gasteiger partial charge in [0.15, 0.2) is 5.82 Å². The quantitative estimate of drug-likeness (QED) is 0.387. The summed E-state index contributed by atoms with van der Waals surface area (Å²) in [5.74, 6) is 0.720. The van der Waals surface area contributed by atoms with E-state index in [1.165, 1.54) is 10.1 Å². The van der Waals surface area contributed by atoms with Gasteiger partial charge < -0.3 is 19.7 Å². The summed E-state index contributed by atoms with van der Waals surface area (Å²) < 4.78 is 40.2. The average Bonchev–Trinajstić information content (AvgIpc) is 3.37. The molecule has 0 unspecified atom stereocenters. The second-order valence-electron chi connectivity index (χ2n) is 10.0. The molecule has 0 radical (unpaired) electrons. The summed E-state index contributed by atoms with van der Waals surface area (Å²) >= 11 is 0. The van der Waals surface area contributed by atoms with Gasteiger partial charge in [-0.25, -0.2) is 13.8 Å². The summed E-state index contributed by atoms with van der Waals surface area (Å²) in [5.41, 5.74) is 2.24. The fourth-order valence-electron chi connectivity index (χ4n) is 5.25. The number of fused-ring (bicyclic) bond motifs is 1. The van der Waals surface area contributed by atoms with Crippen molar-refractivity contribution in [2.45, 2.75) is 45.1 Å². The molecule has 0 amide bonds. The average molecular weight is 556 g/mol. The van der Waals surface area contributed by atoms with E-state index in [4.69, 9.17) is 14.5 Å². The van der Waals surface area contributed by atoms with Crippen molar-refractivity contribution < 1.29 is 23.0 Å². The van der Waals surface area contributed by atoms with Gasteiger partial charge in [0.2, 0.25) is 5.95 Å². The zero-order valence-electron chi connectivity index (χ0n) is 22.9. The number of morpholine rings is 1. The van der Waals surface area contributed by atoms with Crippen LogP contribution < -0.4 is 10.2 Å². The number of nitrogens with zero attached hydrogens (tertiary/aromatic N) is 6. The summed E-state index contributed by atoms with van der Waals surface area (Å²) in [6.07, 6.45) is 2.71. The molecule has 3 aromatic rings. The molecule has 1 aliphatic heterocycles. The number of alkyl halides is 2. The predicted molar refractivity (Wildman–Crippen MR) is 148 cm³/mol. The lowest BCUT2D eigenvalue weighted by atomic mass is 9.90. The van der Waals surface area contributed by atoms with E-state index in [0.29, 0.717) is 67.6 Å². The minimum atomic E-state index is -2.77. The van der Waals surface area contributed by atoms with Crippen LogP contribution in [0.25, 0.3) is 16.9 Å². The SMILES string of the molecule is CCOC(=O)CN(C)C1CCC(=CNc2nc(N3CCOCC3)cc(-n3c(C(F)F)nc4ccccc43)n2)CC1. The maximum atomic E-state index is 14.1. The molecule has 2 fully saturated rings. The Morgan fingerprint density at radius 1 is 1.18 bits per heavy atom.